The molecule has 0 bridgehead atoms. The monoisotopic (exact) mass is 256 g/mol. The van der Waals surface area contributed by atoms with Gasteiger partial charge in [0.25, 0.3) is 0 Å². The Morgan fingerprint density at radius 2 is 1.94 bits per heavy atom. The lowest BCUT2D eigenvalue weighted by Crippen LogP contribution is -2.44. The molecule has 0 spiro atoms. The highest BCUT2D eigenvalue weighted by molar-refractivity contribution is 4.81. The fraction of sp³-hybridized carbons (Fsp3) is 1.00. The third kappa shape index (κ3) is 5.25. The van der Waals surface area contributed by atoms with Gasteiger partial charge in [-0.3, -0.25) is 4.90 Å². The quantitative estimate of drug-likeness (QED) is 0.708. The first-order valence-corrected chi connectivity index (χ1v) is 7.59. The molecule has 3 nitrogen and oxygen atoms in total. The van der Waals surface area contributed by atoms with Crippen molar-refractivity contribution in [3.05, 3.63) is 0 Å². The second-order valence-electron chi connectivity index (χ2n) is 5.87. The van der Waals surface area contributed by atoms with Crippen molar-refractivity contribution in [2.24, 2.45) is 5.92 Å². The van der Waals surface area contributed by atoms with E-state index in [1.165, 1.54) is 38.6 Å². The van der Waals surface area contributed by atoms with Gasteiger partial charge in [-0.25, -0.2) is 0 Å². The molecular weight excluding hydrogens is 224 g/mol. The van der Waals surface area contributed by atoms with Crippen molar-refractivity contribution in [1.29, 1.82) is 0 Å². The van der Waals surface area contributed by atoms with Crippen LogP contribution in [-0.2, 0) is 4.74 Å². The standard InChI is InChI=1S/C15H32N2O/c1-13(2)17(10-11-18-4)12-14-8-6-5-7-9-15(14)16-3/h13-16H,5-12H2,1-4H3. The maximum absolute atomic E-state index is 5.23. The minimum atomic E-state index is 0.612. The maximum atomic E-state index is 5.23. The van der Waals surface area contributed by atoms with Crippen LogP contribution in [0.3, 0.4) is 0 Å². The first kappa shape index (κ1) is 15.9. The maximum Gasteiger partial charge on any atom is 0.0589 e. The lowest BCUT2D eigenvalue weighted by atomic mass is 9.94. The van der Waals surface area contributed by atoms with E-state index in [-0.39, 0.29) is 0 Å². The molecule has 0 aromatic carbocycles. The molecule has 0 aliphatic heterocycles. The number of hydrogen-bond acceptors (Lipinski definition) is 3. The van der Waals surface area contributed by atoms with E-state index in [1.807, 2.05) is 0 Å². The molecular formula is C15H32N2O. The zero-order chi connectivity index (χ0) is 13.4. The van der Waals surface area contributed by atoms with E-state index in [4.69, 9.17) is 4.74 Å². The molecule has 18 heavy (non-hydrogen) atoms. The number of nitrogens with zero attached hydrogens (tertiary/aromatic N) is 1. The highest BCUT2D eigenvalue weighted by Crippen LogP contribution is 2.24. The molecule has 1 N–H and O–H groups in total. The molecule has 0 saturated heterocycles. The second kappa shape index (κ2) is 8.89. The average Bonchev–Trinajstić information content (AvgIpc) is 2.58. The van der Waals surface area contributed by atoms with E-state index >= 15 is 0 Å². The molecule has 2 unspecified atom stereocenters. The largest absolute Gasteiger partial charge is 0.383 e. The molecule has 0 heterocycles. The molecule has 1 saturated carbocycles. The van der Waals surface area contributed by atoms with Crippen molar-refractivity contribution in [1.82, 2.24) is 10.2 Å². The number of nitrogens with one attached hydrogen (secondary N) is 1. The highest BCUT2D eigenvalue weighted by atomic mass is 16.5. The molecule has 108 valence electrons. The Hall–Kier alpha value is -0.120. The summed E-state index contributed by atoms with van der Waals surface area (Å²) in [6, 6.07) is 1.32. The summed E-state index contributed by atoms with van der Waals surface area (Å²) in [5.41, 5.74) is 0. The summed E-state index contributed by atoms with van der Waals surface area (Å²) in [6.45, 7) is 7.70. The molecule has 0 aromatic heterocycles. The van der Waals surface area contributed by atoms with E-state index < -0.39 is 0 Å². The van der Waals surface area contributed by atoms with Crippen LogP contribution in [0.25, 0.3) is 0 Å². The van der Waals surface area contributed by atoms with Gasteiger partial charge in [0.1, 0.15) is 0 Å². The Balaban J connectivity index is 2.52. The Bertz CT molecular complexity index is 209. The zero-order valence-electron chi connectivity index (χ0n) is 12.7. The molecule has 1 aliphatic rings. The van der Waals surface area contributed by atoms with E-state index in [0.29, 0.717) is 12.1 Å². The van der Waals surface area contributed by atoms with Gasteiger partial charge >= 0.3 is 0 Å². The van der Waals surface area contributed by atoms with Gasteiger partial charge in [-0.2, -0.15) is 0 Å². The summed E-state index contributed by atoms with van der Waals surface area (Å²) in [5, 5.41) is 3.54. The zero-order valence-corrected chi connectivity index (χ0v) is 12.7. The van der Waals surface area contributed by atoms with Gasteiger partial charge in [0.15, 0.2) is 0 Å². The summed E-state index contributed by atoms with van der Waals surface area (Å²) >= 11 is 0. The van der Waals surface area contributed by atoms with E-state index in [2.05, 4.69) is 31.1 Å². The minimum Gasteiger partial charge on any atom is -0.383 e. The predicted molar refractivity (Wildman–Crippen MR) is 78.0 cm³/mol. The predicted octanol–water partition coefficient (Wildman–Crippen LogP) is 2.51. The van der Waals surface area contributed by atoms with Crippen LogP contribution in [0.1, 0.15) is 46.0 Å². The van der Waals surface area contributed by atoms with Crippen LogP contribution in [0.5, 0.6) is 0 Å². The van der Waals surface area contributed by atoms with Crippen molar-refractivity contribution in [3.8, 4) is 0 Å². The van der Waals surface area contributed by atoms with E-state index in [9.17, 15) is 0 Å². The van der Waals surface area contributed by atoms with Gasteiger partial charge in [0.2, 0.25) is 0 Å². The Morgan fingerprint density at radius 1 is 1.22 bits per heavy atom. The fourth-order valence-electron chi connectivity index (χ4n) is 3.05. The molecule has 1 rings (SSSR count). The highest BCUT2D eigenvalue weighted by Gasteiger charge is 2.25. The van der Waals surface area contributed by atoms with Gasteiger partial charge in [-0.05, 0) is 39.7 Å². The molecule has 0 radical (unpaired) electrons. The van der Waals surface area contributed by atoms with Crippen LogP contribution in [0.4, 0.5) is 0 Å². The molecule has 1 aliphatic carbocycles. The number of hydrogen-bond donors (Lipinski definition) is 1. The molecule has 2 atom stereocenters. The van der Waals surface area contributed by atoms with Gasteiger partial charge in [-0.15, -0.1) is 0 Å². The lowest BCUT2D eigenvalue weighted by Gasteiger charge is -2.33. The van der Waals surface area contributed by atoms with Gasteiger partial charge in [0.05, 0.1) is 6.61 Å². The van der Waals surface area contributed by atoms with Crippen LogP contribution in [0.2, 0.25) is 0 Å². The van der Waals surface area contributed by atoms with Gasteiger partial charge < -0.3 is 10.1 Å². The van der Waals surface area contributed by atoms with Crippen LogP contribution < -0.4 is 5.32 Å². The van der Waals surface area contributed by atoms with Gasteiger partial charge in [-0.1, -0.05) is 19.3 Å². The van der Waals surface area contributed by atoms with E-state index in [1.54, 1.807) is 7.11 Å². The SMILES string of the molecule is CNC1CCCCCC1CN(CCOC)C(C)C. The lowest BCUT2D eigenvalue weighted by molar-refractivity contribution is 0.107. The van der Waals surface area contributed by atoms with Crippen LogP contribution >= 0.6 is 0 Å². The first-order chi connectivity index (χ1) is 8.69. The number of ether oxygens (including phenoxy) is 1. The topological polar surface area (TPSA) is 24.5 Å². The summed E-state index contributed by atoms with van der Waals surface area (Å²) in [7, 11) is 3.92. The van der Waals surface area contributed by atoms with Crippen molar-refractivity contribution >= 4 is 0 Å². The average molecular weight is 256 g/mol. The van der Waals surface area contributed by atoms with E-state index in [0.717, 1.165) is 19.1 Å². The van der Waals surface area contributed by atoms with Crippen LogP contribution in [0, 0.1) is 5.92 Å². The van der Waals surface area contributed by atoms with Gasteiger partial charge in [0, 0.05) is 32.3 Å². The molecule has 0 amide bonds. The normalized spacial score (nSPS) is 25.7. The van der Waals surface area contributed by atoms with Crippen LogP contribution in [0.15, 0.2) is 0 Å². The Morgan fingerprint density at radius 3 is 2.56 bits per heavy atom. The second-order valence-corrected chi connectivity index (χ2v) is 5.87. The number of rotatable bonds is 7. The summed E-state index contributed by atoms with van der Waals surface area (Å²) < 4.78 is 5.23. The summed E-state index contributed by atoms with van der Waals surface area (Å²) in [5.74, 6) is 0.803. The first-order valence-electron chi connectivity index (χ1n) is 7.59. The number of methoxy groups -OCH3 is 1. The van der Waals surface area contributed by atoms with Crippen molar-refractivity contribution in [3.63, 3.8) is 0 Å². The third-order valence-corrected chi connectivity index (χ3v) is 4.31. The smallest absolute Gasteiger partial charge is 0.0589 e. The molecule has 3 heteroatoms. The summed E-state index contributed by atoms with van der Waals surface area (Å²) in [6.07, 6.45) is 6.92. The molecule has 1 fully saturated rings. The Labute approximate surface area is 113 Å². The Kier molecular flexibility index (Phi) is 7.87. The third-order valence-electron chi connectivity index (χ3n) is 4.31. The van der Waals surface area contributed by atoms with Crippen molar-refractivity contribution in [2.45, 2.75) is 58.0 Å². The molecule has 0 aromatic rings. The van der Waals surface area contributed by atoms with Crippen LogP contribution in [-0.4, -0.2) is 50.8 Å². The minimum absolute atomic E-state index is 0.612. The summed E-state index contributed by atoms with van der Waals surface area (Å²) in [4.78, 5) is 2.57. The fourth-order valence-corrected chi connectivity index (χ4v) is 3.05. The van der Waals surface area contributed by atoms with Crippen molar-refractivity contribution in [2.75, 3.05) is 33.9 Å². The van der Waals surface area contributed by atoms with Crippen molar-refractivity contribution < 1.29 is 4.74 Å².